The van der Waals surface area contributed by atoms with Gasteiger partial charge in [0.2, 0.25) is 6.41 Å². The van der Waals surface area contributed by atoms with Gasteiger partial charge in [0, 0.05) is 80.2 Å². The minimum absolute atomic E-state index is 0.118. The Morgan fingerprint density at radius 2 is 1.75 bits per heavy atom. The van der Waals surface area contributed by atoms with Crippen molar-refractivity contribution in [3.63, 3.8) is 0 Å². The van der Waals surface area contributed by atoms with Crippen molar-refractivity contribution in [1.29, 1.82) is 0 Å². The number of rotatable bonds is 14. The lowest BCUT2D eigenvalue weighted by Gasteiger charge is -2.41. The van der Waals surface area contributed by atoms with Crippen LogP contribution in [0.5, 0.6) is 0 Å². The Morgan fingerprint density at radius 1 is 1.04 bits per heavy atom. The van der Waals surface area contributed by atoms with Crippen LogP contribution in [0.2, 0.25) is 0 Å². The number of benzene rings is 2. The van der Waals surface area contributed by atoms with Crippen molar-refractivity contribution in [3.05, 3.63) is 80.3 Å². The van der Waals surface area contributed by atoms with E-state index in [0.717, 1.165) is 110 Å². The van der Waals surface area contributed by atoms with Crippen LogP contribution >= 0.6 is 0 Å². The van der Waals surface area contributed by atoms with Crippen LogP contribution in [0.15, 0.2) is 41.2 Å². The summed E-state index contributed by atoms with van der Waals surface area (Å²) in [4.78, 5) is 46.5. The molecule has 0 bridgehead atoms. The molecule has 276 valence electrons. The summed E-state index contributed by atoms with van der Waals surface area (Å²) in [6.45, 7) is 14.1. The van der Waals surface area contributed by atoms with Gasteiger partial charge in [0.25, 0.3) is 11.5 Å². The number of carbonyl (C=O) groups is 2. The first-order chi connectivity index (χ1) is 24.5. The van der Waals surface area contributed by atoms with Crippen LogP contribution in [0, 0.1) is 20.8 Å². The number of hydrogen-bond acceptors (Lipinski definition) is 7. The average molecular weight is 700 g/mol. The zero-order valence-corrected chi connectivity index (χ0v) is 31.6. The molecule has 2 aliphatic rings. The Labute approximate surface area is 303 Å². The first-order valence-electron chi connectivity index (χ1n) is 18.5. The van der Waals surface area contributed by atoms with Gasteiger partial charge in [0.05, 0.1) is 6.61 Å². The molecule has 1 aliphatic carbocycles. The van der Waals surface area contributed by atoms with Crippen molar-refractivity contribution in [3.8, 4) is 11.1 Å². The molecule has 2 heterocycles. The fraction of sp³-hybridized carbons (Fsp3) is 0.537. The highest BCUT2D eigenvalue weighted by Gasteiger charge is 2.32. The van der Waals surface area contributed by atoms with Crippen molar-refractivity contribution < 1.29 is 19.1 Å². The summed E-state index contributed by atoms with van der Waals surface area (Å²) in [5.74, 6) is -0.230. The summed E-state index contributed by atoms with van der Waals surface area (Å²) in [6.07, 6.45) is 6.80. The van der Waals surface area contributed by atoms with Gasteiger partial charge in [-0.15, -0.1) is 0 Å². The number of ether oxygens (including phenoxy) is 2. The second kappa shape index (κ2) is 17.0. The standard InChI is InChI=1S/C41H57N5O5/c1-8-46(33-12-10-32(11-13-33)45(6)17-20-50-7)38-24-31(30-9-14-36(37(23-30)43-26-47)41(5)15-18-51-19-16-41)22-34(29(38)4)39(48)42-25-35-27(2)21-28(3)44-40(35)49/h9,14,21-24,26,32-33H,8,10-13,15-20,25H2,1-7H3,(H,42,48)(H,43,47)(H,44,49). The monoisotopic (exact) mass is 699 g/mol. The molecule has 3 N–H and O–H groups in total. The molecule has 5 rings (SSSR count). The van der Waals surface area contributed by atoms with Crippen LogP contribution < -0.4 is 21.1 Å². The van der Waals surface area contributed by atoms with Crippen LogP contribution in [0.1, 0.15) is 90.7 Å². The van der Waals surface area contributed by atoms with Crippen LogP contribution in [0.3, 0.4) is 0 Å². The summed E-state index contributed by atoms with van der Waals surface area (Å²) in [5.41, 5.74) is 8.07. The zero-order valence-electron chi connectivity index (χ0n) is 31.6. The number of hydrogen-bond donors (Lipinski definition) is 3. The minimum Gasteiger partial charge on any atom is -0.383 e. The van der Waals surface area contributed by atoms with E-state index in [-0.39, 0.29) is 23.4 Å². The Morgan fingerprint density at radius 3 is 2.39 bits per heavy atom. The first kappa shape index (κ1) is 38.2. The van der Waals surface area contributed by atoms with E-state index in [4.69, 9.17) is 9.47 Å². The minimum atomic E-state index is -0.230. The second-order valence-electron chi connectivity index (χ2n) is 14.7. The molecule has 2 aromatic carbocycles. The smallest absolute Gasteiger partial charge is 0.253 e. The number of aromatic nitrogens is 1. The summed E-state index contributed by atoms with van der Waals surface area (Å²) in [7, 11) is 3.94. The SMILES string of the molecule is CCN(c1cc(-c2ccc(C3(C)CCOCC3)c(NC=O)c2)cc(C(=O)NCc2c(C)cc(C)[nH]c2=O)c1C)C1CCC(N(C)CCOC)CC1. The molecule has 0 atom stereocenters. The van der Waals surface area contributed by atoms with E-state index in [1.54, 1.807) is 7.11 Å². The van der Waals surface area contributed by atoms with Gasteiger partial charge < -0.3 is 34.9 Å². The van der Waals surface area contributed by atoms with E-state index in [0.29, 0.717) is 36.4 Å². The fourth-order valence-corrected chi connectivity index (χ4v) is 8.14. The molecular formula is C41H57N5O5. The van der Waals surface area contributed by atoms with Crippen molar-refractivity contribution in [2.45, 2.75) is 97.2 Å². The van der Waals surface area contributed by atoms with Gasteiger partial charge in [0.15, 0.2) is 0 Å². The predicted octanol–water partition coefficient (Wildman–Crippen LogP) is 6.25. The highest BCUT2D eigenvalue weighted by atomic mass is 16.5. The normalized spacial score (nSPS) is 18.7. The maximum absolute atomic E-state index is 14.1. The first-order valence-corrected chi connectivity index (χ1v) is 18.5. The van der Waals surface area contributed by atoms with Gasteiger partial charge in [-0.3, -0.25) is 14.4 Å². The lowest BCUT2D eigenvalue weighted by atomic mass is 9.75. The van der Waals surface area contributed by atoms with Gasteiger partial charge in [-0.25, -0.2) is 0 Å². The number of carbonyl (C=O) groups excluding carboxylic acids is 2. The third kappa shape index (κ3) is 8.73. The predicted molar refractivity (Wildman–Crippen MR) is 205 cm³/mol. The quantitative estimate of drug-likeness (QED) is 0.171. The fourth-order valence-electron chi connectivity index (χ4n) is 8.14. The maximum atomic E-state index is 14.1. The number of methoxy groups -OCH3 is 1. The zero-order chi connectivity index (χ0) is 36.7. The summed E-state index contributed by atoms with van der Waals surface area (Å²) < 4.78 is 11.0. The molecule has 2 fully saturated rings. The number of H-pyrrole nitrogens is 1. The lowest BCUT2D eigenvalue weighted by molar-refractivity contribution is -0.105. The van der Waals surface area contributed by atoms with E-state index in [2.05, 4.69) is 64.5 Å². The lowest BCUT2D eigenvalue weighted by Crippen LogP contribution is -2.44. The van der Waals surface area contributed by atoms with Gasteiger partial charge in [0.1, 0.15) is 0 Å². The molecule has 1 saturated carbocycles. The third-order valence-corrected chi connectivity index (χ3v) is 11.4. The molecule has 3 aromatic rings. The number of nitrogens with zero attached hydrogens (tertiary/aromatic N) is 2. The molecule has 1 aromatic heterocycles. The highest BCUT2D eigenvalue weighted by molar-refractivity contribution is 5.99. The Hall–Kier alpha value is -3.99. The molecule has 0 radical (unpaired) electrons. The molecule has 10 heteroatoms. The summed E-state index contributed by atoms with van der Waals surface area (Å²) in [5, 5.41) is 6.04. The Kier molecular flexibility index (Phi) is 12.8. The Bertz CT molecular complexity index is 1740. The number of pyridine rings is 1. The van der Waals surface area contributed by atoms with Crippen molar-refractivity contribution in [2.75, 3.05) is 57.3 Å². The van der Waals surface area contributed by atoms with E-state index >= 15 is 0 Å². The number of anilines is 2. The largest absolute Gasteiger partial charge is 0.383 e. The molecule has 2 amide bonds. The van der Waals surface area contributed by atoms with E-state index in [1.165, 1.54) is 0 Å². The van der Waals surface area contributed by atoms with Crippen LogP contribution in [-0.2, 0) is 26.2 Å². The molecule has 0 spiro atoms. The number of amides is 2. The van der Waals surface area contributed by atoms with Crippen molar-refractivity contribution >= 4 is 23.7 Å². The average Bonchev–Trinajstić information content (AvgIpc) is 3.11. The third-order valence-electron chi connectivity index (χ3n) is 11.4. The van der Waals surface area contributed by atoms with Gasteiger partial charge >= 0.3 is 0 Å². The number of nitrogens with one attached hydrogen (secondary N) is 3. The topological polar surface area (TPSA) is 116 Å². The molecular weight excluding hydrogens is 642 g/mol. The van der Waals surface area contributed by atoms with E-state index in [1.807, 2.05) is 39.0 Å². The van der Waals surface area contributed by atoms with Crippen molar-refractivity contribution in [1.82, 2.24) is 15.2 Å². The van der Waals surface area contributed by atoms with Crippen LogP contribution in [0.25, 0.3) is 11.1 Å². The molecule has 1 saturated heterocycles. The number of aryl methyl sites for hydroxylation is 2. The molecule has 51 heavy (non-hydrogen) atoms. The van der Waals surface area contributed by atoms with Gasteiger partial charge in [-0.05, 0) is 131 Å². The number of likely N-dealkylation sites (N-methyl/N-ethyl adjacent to an activating group) is 1. The summed E-state index contributed by atoms with van der Waals surface area (Å²) >= 11 is 0. The Balaban J connectivity index is 1.53. The summed E-state index contributed by atoms with van der Waals surface area (Å²) in [6, 6.07) is 13.2. The van der Waals surface area contributed by atoms with E-state index < -0.39 is 0 Å². The van der Waals surface area contributed by atoms with E-state index in [9.17, 15) is 14.4 Å². The molecule has 1 aliphatic heterocycles. The molecule has 0 unspecified atom stereocenters. The number of aromatic amines is 1. The van der Waals surface area contributed by atoms with Crippen LogP contribution in [-0.4, -0.2) is 81.4 Å². The molecule has 10 nitrogen and oxygen atoms in total. The van der Waals surface area contributed by atoms with Gasteiger partial charge in [-0.1, -0.05) is 19.1 Å². The van der Waals surface area contributed by atoms with Gasteiger partial charge in [-0.2, -0.15) is 0 Å². The van der Waals surface area contributed by atoms with Crippen molar-refractivity contribution in [2.24, 2.45) is 0 Å². The van der Waals surface area contributed by atoms with Crippen LogP contribution in [0.4, 0.5) is 11.4 Å². The highest BCUT2D eigenvalue weighted by Crippen LogP contribution is 2.41. The maximum Gasteiger partial charge on any atom is 0.253 e. The second-order valence-corrected chi connectivity index (χ2v) is 14.7.